The van der Waals surface area contributed by atoms with Gasteiger partial charge in [-0.2, -0.15) is 11.3 Å². The van der Waals surface area contributed by atoms with Crippen LogP contribution < -0.4 is 14.8 Å². The van der Waals surface area contributed by atoms with Gasteiger partial charge in [-0.3, -0.25) is 4.79 Å². The summed E-state index contributed by atoms with van der Waals surface area (Å²) in [7, 11) is 5.08. The van der Waals surface area contributed by atoms with Crippen molar-refractivity contribution in [1.82, 2.24) is 14.9 Å². The summed E-state index contributed by atoms with van der Waals surface area (Å²) in [5.74, 6) is 1.87. The molecule has 2 aromatic heterocycles. The number of hydrogen-bond acceptors (Lipinski definition) is 5. The lowest BCUT2D eigenvalue weighted by molar-refractivity contribution is 0.0941. The van der Waals surface area contributed by atoms with Gasteiger partial charge in [0, 0.05) is 30.9 Å². The van der Waals surface area contributed by atoms with Crippen molar-refractivity contribution >= 4 is 17.2 Å². The van der Waals surface area contributed by atoms with Crippen LogP contribution in [0.3, 0.4) is 0 Å². The smallest absolute Gasteiger partial charge is 0.252 e. The highest BCUT2D eigenvalue weighted by Crippen LogP contribution is 2.29. The minimum absolute atomic E-state index is 0.156. The van der Waals surface area contributed by atoms with Crippen molar-refractivity contribution in [2.24, 2.45) is 7.05 Å². The van der Waals surface area contributed by atoms with E-state index < -0.39 is 6.04 Å². The number of imidazole rings is 1. The number of benzene rings is 1. The van der Waals surface area contributed by atoms with E-state index >= 15 is 0 Å². The van der Waals surface area contributed by atoms with Gasteiger partial charge in [0.1, 0.15) is 23.4 Å². The average molecular weight is 357 g/mol. The van der Waals surface area contributed by atoms with Gasteiger partial charge >= 0.3 is 0 Å². The van der Waals surface area contributed by atoms with Crippen LogP contribution in [-0.4, -0.2) is 29.7 Å². The fourth-order valence-corrected chi connectivity index (χ4v) is 3.19. The topological polar surface area (TPSA) is 65.4 Å². The number of thiophene rings is 1. The normalized spacial score (nSPS) is 11.8. The third kappa shape index (κ3) is 3.66. The third-order valence-corrected chi connectivity index (χ3v) is 4.57. The van der Waals surface area contributed by atoms with E-state index in [1.165, 1.54) is 11.3 Å². The van der Waals surface area contributed by atoms with Crippen LogP contribution in [0.1, 0.15) is 27.8 Å². The Morgan fingerprint density at radius 1 is 1.24 bits per heavy atom. The Bertz CT molecular complexity index is 836. The molecule has 1 amide bonds. The van der Waals surface area contributed by atoms with Crippen molar-refractivity contribution in [2.75, 3.05) is 14.2 Å². The summed E-state index contributed by atoms with van der Waals surface area (Å²) < 4.78 is 12.6. The van der Waals surface area contributed by atoms with Crippen LogP contribution in [0.4, 0.5) is 0 Å². The number of carbonyl (C=O) groups is 1. The Morgan fingerprint density at radius 2 is 1.96 bits per heavy atom. The SMILES string of the molecule is COc1cc(OC)cc([C@H](NC(=O)c2ccsc2)c2nccn2C)c1. The van der Waals surface area contributed by atoms with Crippen LogP contribution >= 0.6 is 11.3 Å². The molecule has 0 aliphatic carbocycles. The second kappa shape index (κ2) is 7.40. The molecule has 7 heteroatoms. The van der Waals surface area contributed by atoms with Crippen LogP contribution in [0.25, 0.3) is 0 Å². The second-order valence-corrected chi connectivity index (χ2v) is 6.24. The van der Waals surface area contributed by atoms with Crippen LogP contribution in [-0.2, 0) is 7.05 Å². The number of aromatic nitrogens is 2. The highest BCUT2D eigenvalue weighted by atomic mass is 32.1. The molecule has 0 spiro atoms. The number of nitrogens with zero attached hydrogens (tertiary/aromatic N) is 2. The average Bonchev–Trinajstić information content (AvgIpc) is 3.31. The molecule has 3 aromatic rings. The molecule has 3 rings (SSSR count). The maximum Gasteiger partial charge on any atom is 0.252 e. The first-order chi connectivity index (χ1) is 12.1. The predicted octanol–water partition coefficient (Wildman–Crippen LogP) is 3.02. The van der Waals surface area contributed by atoms with Crippen molar-refractivity contribution in [3.05, 3.63) is 64.4 Å². The lowest BCUT2D eigenvalue weighted by Gasteiger charge is -2.20. The maximum atomic E-state index is 12.6. The number of aryl methyl sites for hydroxylation is 1. The van der Waals surface area contributed by atoms with Gasteiger partial charge in [0.05, 0.1) is 19.8 Å². The molecule has 0 unspecified atom stereocenters. The van der Waals surface area contributed by atoms with E-state index in [2.05, 4.69) is 10.3 Å². The number of hydrogen-bond donors (Lipinski definition) is 1. The third-order valence-electron chi connectivity index (χ3n) is 3.88. The number of rotatable bonds is 6. The summed E-state index contributed by atoms with van der Waals surface area (Å²) in [6.07, 6.45) is 3.55. The molecule has 1 aromatic carbocycles. The Hall–Kier alpha value is -2.80. The lowest BCUT2D eigenvalue weighted by Crippen LogP contribution is -2.30. The first kappa shape index (κ1) is 17.0. The van der Waals surface area contributed by atoms with Gasteiger partial charge in [-0.05, 0) is 29.1 Å². The fraction of sp³-hybridized carbons (Fsp3) is 0.222. The van der Waals surface area contributed by atoms with Crippen LogP contribution in [0.5, 0.6) is 11.5 Å². The molecule has 0 saturated carbocycles. The fourth-order valence-electron chi connectivity index (χ4n) is 2.56. The molecule has 2 heterocycles. The van der Waals surface area contributed by atoms with E-state index in [1.807, 2.05) is 40.7 Å². The number of ether oxygens (including phenoxy) is 2. The van der Waals surface area contributed by atoms with Gasteiger partial charge in [0.25, 0.3) is 5.91 Å². The zero-order valence-electron chi connectivity index (χ0n) is 14.2. The van der Waals surface area contributed by atoms with E-state index in [4.69, 9.17) is 9.47 Å². The van der Waals surface area contributed by atoms with Crippen LogP contribution in [0.2, 0.25) is 0 Å². The highest BCUT2D eigenvalue weighted by molar-refractivity contribution is 7.08. The lowest BCUT2D eigenvalue weighted by atomic mass is 10.0. The molecule has 130 valence electrons. The summed E-state index contributed by atoms with van der Waals surface area (Å²) in [5, 5.41) is 6.75. The molecular formula is C18H19N3O3S. The molecular weight excluding hydrogens is 338 g/mol. The number of amides is 1. The standard InChI is InChI=1S/C18H19N3O3S/c1-21-6-5-19-17(21)16(20-18(22)12-4-7-25-11-12)13-8-14(23-2)10-15(9-13)24-3/h4-11,16H,1-3H3,(H,20,22)/t16-/m0/s1. The Labute approximate surface area is 150 Å². The molecule has 0 fully saturated rings. The summed E-state index contributed by atoms with van der Waals surface area (Å²) in [4.78, 5) is 17.0. The summed E-state index contributed by atoms with van der Waals surface area (Å²) in [6.45, 7) is 0. The second-order valence-electron chi connectivity index (χ2n) is 5.46. The van der Waals surface area contributed by atoms with E-state index in [0.717, 1.165) is 11.4 Å². The molecule has 6 nitrogen and oxygen atoms in total. The zero-order valence-corrected chi connectivity index (χ0v) is 15.0. The summed E-state index contributed by atoms with van der Waals surface area (Å²) >= 11 is 1.48. The van der Waals surface area contributed by atoms with Gasteiger partial charge in [-0.25, -0.2) is 4.98 Å². The molecule has 0 radical (unpaired) electrons. The number of nitrogens with one attached hydrogen (secondary N) is 1. The first-order valence-electron chi connectivity index (χ1n) is 7.65. The van der Waals surface area contributed by atoms with Crippen LogP contribution in [0.15, 0.2) is 47.4 Å². The maximum absolute atomic E-state index is 12.6. The number of methoxy groups -OCH3 is 2. The molecule has 1 atom stereocenters. The number of carbonyl (C=O) groups excluding carboxylic acids is 1. The van der Waals surface area contributed by atoms with E-state index in [9.17, 15) is 4.79 Å². The zero-order chi connectivity index (χ0) is 17.8. The van der Waals surface area contributed by atoms with E-state index in [0.29, 0.717) is 17.1 Å². The van der Waals surface area contributed by atoms with Gasteiger partial charge < -0.3 is 19.4 Å². The highest BCUT2D eigenvalue weighted by Gasteiger charge is 2.23. The van der Waals surface area contributed by atoms with Crippen molar-refractivity contribution in [3.63, 3.8) is 0 Å². The Balaban J connectivity index is 2.02. The van der Waals surface area contributed by atoms with Gasteiger partial charge in [0.2, 0.25) is 0 Å². The quantitative estimate of drug-likeness (QED) is 0.736. The Kier molecular flexibility index (Phi) is 5.04. The molecule has 25 heavy (non-hydrogen) atoms. The van der Waals surface area contributed by atoms with Gasteiger partial charge in [-0.15, -0.1) is 0 Å². The molecule has 0 aliphatic rings. The van der Waals surface area contributed by atoms with Crippen LogP contribution in [0, 0.1) is 0 Å². The van der Waals surface area contributed by atoms with Crippen molar-refractivity contribution in [1.29, 1.82) is 0 Å². The first-order valence-corrected chi connectivity index (χ1v) is 8.60. The molecule has 1 N–H and O–H groups in total. The predicted molar refractivity (Wildman–Crippen MR) is 96.4 cm³/mol. The van der Waals surface area contributed by atoms with Crippen molar-refractivity contribution in [2.45, 2.75) is 6.04 Å². The minimum atomic E-state index is -0.434. The molecule has 0 saturated heterocycles. The molecule has 0 aliphatic heterocycles. The van der Waals surface area contributed by atoms with Gasteiger partial charge in [-0.1, -0.05) is 0 Å². The van der Waals surface area contributed by atoms with Crippen molar-refractivity contribution in [3.8, 4) is 11.5 Å². The minimum Gasteiger partial charge on any atom is -0.497 e. The Morgan fingerprint density at radius 3 is 2.48 bits per heavy atom. The van der Waals surface area contributed by atoms with Gasteiger partial charge in [0.15, 0.2) is 0 Å². The van der Waals surface area contributed by atoms with E-state index in [-0.39, 0.29) is 5.91 Å². The summed E-state index contributed by atoms with van der Waals surface area (Å²) in [5.41, 5.74) is 1.45. The largest absolute Gasteiger partial charge is 0.497 e. The monoisotopic (exact) mass is 357 g/mol. The molecule has 0 bridgehead atoms. The van der Waals surface area contributed by atoms with Crippen molar-refractivity contribution < 1.29 is 14.3 Å². The summed E-state index contributed by atoms with van der Waals surface area (Å²) in [6, 6.07) is 6.89. The van der Waals surface area contributed by atoms with E-state index in [1.54, 1.807) is 32.5 Å².